The summed E-state index contributed by atoms with van der Waals surface area (Å²) in [7, 11) is 0. The average Bonchev–Trinajstić information content (AvgIpc) is 2.03. The van der Waals surface area contributed by atoms with Gasteiger partial charge >= 0.3 is 6.09 Å². The molecule has 78 valence electrons. The SMILES string of the molecule is CCC(C)=C(C)C.CCOC(N)=O. The van der Waals surface area contributed by atoms with Crippen molar-refractivity contribution in [2.45, 2.75) is 41.0 Å². The number of rotatable bonds is 2. The Hall–Kier alpha value is -0.990. The standard InChI is InChI=1S/C7H14.C3H7NO2/c1-5-7(4)6(2)3;1-2-6-3(4)5/h5H2,1-4H3;2H2,1H3,(H2,4,5). The second kappa shape index (κ2) is 9.10. The molecule has 0 aromatic carbocycles. The number of amides is 1. The van der Waals surface area contributed by atoms with Crippen molar-refractivity contribution >= 4 is 6.09 Å². The molecule has 0 saturated carbocycles. The van der Waals surface area contributed by atoms with Crippen LogP contribution in [0.4, 0.5) is 4.79 Å². The van der Waals surface area contributed by atoms with Crippen LogP contribution >= 0.6 is 0 Å². The van der Waals surface area contributed by atoms with E-state index in [-0.39, 0.29) is 0 Å². The highest BCUT2D eigenvalue weighted by Crippen LogP contribution is 2.04. The summed E-state index contributed by atoms with van der Waals surface area (Å²) in [5.74, 6) is 0. The Morgan fingerprint density at radius 1 is 1.23 bits per heavy atom. The smallest absolute Gasteiger partial charge is 0.404 e. The van der Waals surface area contributed by atoms with Gasteiger partial charge in [0, 0.05) is 0 Å². The first-order valence-electron chi connectivity index (χ1n) is 4.50. The first kappa shape index (κ1) is 14.5. The van der Waals surface area contributed by atoms with Crippen LogP contribution in [0.15, 0.2) is 11.1 Å². The van der Waals surface area contributed by atoms with E-state index in [0.717, 1.165) is 0 Å². The third-order valence-corrected chi connectivity index (χ3v) is 1.67. The first-order chi connectivity index (χ1) is 5.95. The van der Waals surface area contributed by atoms with Crippen molar-refractivity contribution in [1.29, 1.82) is 0 Å². The molecule has 1 amide bonds. The summed E-state index contributed by atoms with van der Waals surface area (Å²) in [5.41, 5.74) is 7.52. The van der Waals surface area contributed by atoms with Gasteiger partial charge in [-0.1, -0.05) is 18.1 Å². The van der Waals surface area contributed by atoms with E-state index in [1.54, 1.807) is 6.92 Å². The van der Waals surface area contributed by atoms with Crippen molar-refractivity contribution < 1.29 is 9.53 Å². The molecule has 0 aliphatic carbocycles. The van der Waals surface area contributed by atoms with E-state index in [9.17, 15) is 4.79 Å². The Balaban J connectivity index is 0. The molecule has 0 fully saturated rings. The van der Waals surface area contributed by atoms with Crippen LogP contribution in [0.1, 0.15) is 41.0 Å². The predicted molar refractivity (Wildman–Crippen MR) is 55.5 cm³/mol. The molecule has 0 heterocycles. The molecule has 2 N–H and O–H groups in total. The fourth-order valence-electron chi connectivity index (χ4n) is 0.496. The molecule has 13 heavy (non-hydrogen) atoms. The van der Waals surface area contributed by atoms with Crippen molar-refractivity contribution in [3.05, 3.63) is 11.1 Å². The fraction of sp³-hybridized carbons (Fsp3) is 0.700. The van der Waals surface area contributed by atoms with Gasteiger partial charge in [-0.2, -0.15) is 0 Å². The van der Waals surface area contributed by atoms with Gasteiger partial charge in [-0.3, -0.25) is 0 Å². The lowest BCUT2D eigenvalue weighted by atomic mass is 10.1. The largest absolute Gasteiger partial charge is 0.450 e. The normalized spacial score (nSPS) is 8.08. The highest BCUT2D eigenvalue weighted by Gasteiger charge is 1.83. The van der Waals surface area contributed by atoms with Gasteiger partial charge in [0.05, 0.1) is 6.61 Å². The zero-order chi connectivity index (χ0) is 10.9. The number of allylic oxidation sites excluding steroid dienone is 2. The van der Waals surface area contributed by atoms with Crippen molar-refractivity contribution in [3.8, 4) is 0 Å². The maximum Gasteiger partial charge on any atom is 0.404 e. The number of carbonyl (C=O) groups is 1. The highest BCUT2D eigenvalue weighted by atomic mass is 16.5. The maximum absolute atomic E-state index is 9.60. The predicted octanol–water partition coefficient (Wildman–Crippen LogP) is 2.85. The quantitative estimate of drug-likeness (QED) is 0.676. The lowest BCUT2D eigenvalue weighted by Crippen LogP contribution is -2.11. The Bertz CT molecular complexity index is 170. The number of hydrogen-bond donors (Lipinski definition) is 1. The molecule has 0 aliphatic heterocycles. The summed E-state index contributed by atoms with van der Waals surface area (Å²) in [6, 6.07) is 0. The summed E-state index contributed by atoms with van der Waals surface area (Å²) in [4.78, 5) is 9.60. The minimum atomic E-state index is -0.711. The number of ether oxygens (including phenoxy) is 1. The average molecular weight is 187 g/mol. The molecule has 3 heteroatoms. The van der Waals surface area contributed by atoms with Gasteiger partial charge in [-0.15, -0.1) is 0 Å². The lowest BCUT2D eigenvalue weighted by Gasteiger charge is -1.94. The Kier molecular flexibility index (Phi) is 10.2. The van der Waals surface area contributed by atoms with Gasteiger partial charge in [0.1, 0.15) is 0 Å². The number of primary amides is 1. The number of nitrogens with two attached hydrogens (primary N) is 1. The molecule has 3 nitrogen and oxygen atoms in total. The molecule has 0 rings (SSSR count). The van der Waals surface area contributed by atoms with Crippen molar-refractivity contribution in [2.75, 3.05) is 6.61 Å². The van der Waals surface area contributed by atoms with Crippen molar-refractivity contribution in [3.63, 3.8) is 0 Å². The molecule has 0 atom stereocenters. The monoisotopic (exact) mass is 187 g/mol. The molecular formula is C10H21NO2. The van der Waals surface area contributed by atoms with Crippen LogP contribution in [-0.2, 0) is 4.74 Å². The van der Waals surface area contributed by atoms with E-state index < -0.39 is 6.09 Å². The first-order valence-corrected chi connectivity index (χ1v) is 4.50. The topological polar surface area (TPSA) is 52.3 Å². The minimum Gasteiger partial charge on any atom is -0.450 e. The summed E-state index contributed by atoms with van der Waals surface area (Å²) < 4.78 is 4.18. The third kappa shape index (κ3) is 13.9. The van der Waals surface area contributed by atoms with Gasteiger partial charge in [0.25, 0.3) is 0 Å². The number of carbonyl (C=O) groups excluding carboxylic acids is 1. The molecule has 0 spiro atoms. The zero-order valence-corrected chi connectivity index (χ0v) is 9.31. The zero-order valence-electron chi connectivity index (χ0n) is 9.31. The molecule has 0 unspecified atom stereocenters. The van der Waals surface area contributed by atoms with Crippen LogP contribution in [0.2, 0.25) is 0 Å². The Labute approximate surface area is 81.0 Å². The molecular weight excluding hydrogens is 166 g/mol. The molecule has 0 saturated heterocycles. The summed E-state index contributed by atoms with van der Waals surface area (Å²) >= 11 is 0. The fourth-order valence-corrected chi connectivity index (χ4v) is 0.496. The van der Waals surface area contributed by atoms with Gasteiger partial charge in [-0.25, -0.2) is 4.79 Å². The van der Waals surface area contributed by atoms with E-state index in [1.807, 2.05) is 0 Å². The van der Waals surface area contributed by atoms with Crippen molar-refractivity contribution in [2.24, 2.45) is 5.73 Å². The van der Waals surface area contributed by atoms with Crippen LogP contribution in [-0.4, -0.2) is 12.7 Å². The molecule has 0 radical (unpaired) electrons. The second-order valence-electron chi connectivity index (χ2n) is 2.89. The highest BCUT2D eigenvalue weighted by molar-refractivity contribution is 5.64. The third-order valence-electron chi connectivity index (χ3n) is 1.67. The molecule has 0 aromatic rings. The second-order valence-corrected chi connectivity index (χ2v) is 2.89. The van der Waals surface area contributed by atoms with Crippen LogP contribution in [0.5, 0.6) is 0 Å². The molecule has 0 bridgehead atoms. The minimum absolute atomic E-state index is 0.356. The van der Waals surface area contributed by atoms with E-state index >= 15 is 0 Å². The Morgan fingerprint density at radius 2 is 1.69 bits per heavy atom. The van der Waals surface area contributed by atoms with E-state index in [1.165, 1.54) is 17.6 Å². The van der Waals surface area contributed by atoms with Crippen molar-refractivity contribution in [1.82, 2.24) is 0 Å². The molecule has 0 aromatic heterocycles. The van der Waals surface area contributed by atoms with E-state index in [4.69, 9.17) is 0 Å². The van der Waals surface area contributed by atoms with Crippen LogP contribution in [0, 0.1) is 0 Å². The summed E-state index contributed by atoms with van der Waals surface area (Å²) in [6.07, 6.45) is 0.486. The summed E-state index contributed by atoms with van der Waals surface area (Å²) in [6.45, 7) is 10.7. The van der Waals surface area contributed by atoms with Crippen LogP contribution in [0.3, 0.4) is 0 Å². The van der Waals surface area contributed by atoms with Crippen LogP contribution < -0.4 is 5.73 Å². The maximum atomic E-state index is 9.60. The van der Waals surface area contributed by atoms with Gasteiger partial charge in [-0.05, 0) is 34.1 Å². The van der Waals surface area contributed by atoms with Crippen LogP contribution in [0.25, 0.3) is 0 Å². The molecule has 0 aliphatic rings. The lowest BCUT2D eigenvalue weighted by molar-refractivity contribution is 0.163. The number of hydrogen-bond acceptors (Lipinski definition) is 2. The Morgan fingerprint density at radius 3 is 1.69 bits per heavy atom. The van der Waals surface area contributed by atoms with E-state index in [0.29, 0.717) is 6.61 Å². The van der Waals surface area contributed by atoms with E-state index in [2.05, 4.69) is 38.2 Å². The van der Waals surface area contributed by atoms with Gasteiger partial charge in [0.2, 0.25) is 0 Å². The summed E-state index contributed by atoms with van der Waals surface area (Å²) in [5, 5.41) is 0. The van der Waals surface area contributed by atoms with Gasteiger partial charge < -0.3 is 10.5 Å². The van der Waals surface area contributed by atoms with Gasteiger partial charge in [0.15, 0.2) is 0 Å².